The maximum Gasteiger partial charge on any atom is 0.234 e. The fourth-order valence-electron chi connectivity index (χ4n) is 1.57. The van der Waals surface area contributed by atoms with Gasteiger partial charge in [-0.2, -0.15) is 4.98 Å². The summed E-state index contributed by atoms with van der Waals surface area (Å²) in [5, 5.41) is 4.30. The van der Waals surface area contributed by atoms with Gasteiger partial charge in [0.2, 0.25) is 5.88 Å². The maximum absolute atomic E-state index is 6.12. The molecule has 0 fully saturated rings. The van der Waals surface area contributed by atoms with Crippen molar-refractivity contribution in [3.63, 3.8) is 0 Å². The Balaban J connectivity index is 2.00. The Hall–Kier alpha value is -1.01. The van der Waals surface area contributed by atoms with Crippen molar-refractivity contribution in [3.8, 4) is 5.88 Å². The number of aromatic nitrogens is 3. The minimum absolute atomic E-state index is 0.0980. The van der Waals surface area contributed by atoms with Crippen LogP contribution in [0.4, 0.5) is 5.82 Å². The first-order valence-corrected chi connectivity index (χ1v) is 7.77. The van der Waals surface area contributed by atoms with Gasteiger partial charge < -0.3 is 10.1 Å². The molecule has 0 bridgehead atoms. The number of ether oxygens (including phenoxy) is 1. The summed E-state index contributed by atoms with van der Waals surface area (Å²) in [5.41, 5.74) is 0.696. The van der Waals surface area contributed by atoms with Gasteiger partial charge in [0.1, 0.15) is 28.8 Å². The Bertz CT molecular complexity index is 683. The highest BCUT2D eigenvalue weighted by Gasteiger charge is 2.13. The van der Waals surface area contributed by atoms with Crippen LogP contribution in [-0.4, -0.2) is 27.6 Å². The molecule has 0 unspecified atom stereocenters. The third kappa shape index (κ3) is 4.26. The van der Waals surface area contributed by atoms with E-state index in [2.05, 4.69) is 20.3 Å². The fraction of sp³-hybridized carbons (Fsp3) is 0.308. The van der Waals surface area contributed by atoms with Crippen molar-refractivity contribution in [1.82, 2.24) is 15.0 Å². The van der Waals surface area contributed by atoms with E-state index in [1.54, 1.807) is 6.92 Å². The van der Waals surface area contributed by atoms with E-state index in [1.807, 2.05) is 6.92 Å². The number of rotatable bonds is 5. The molecule has 2 heterocycles. The zero-order chi connectivity index (χ0) is 16.3. The Morgan fingerprint density at radius 1 is 1.18 bits per heavy atom. The van der Waals surface area contributed by atoms with Gasteiger partial charge in [-0.05, 0) is 19.9 Å². The number of anilines is 1. The molecule has 2 aromatic rings. The number of hydrogen-bond donors (Lipinski definition) is 1. The molecule has 2 rings (SSSR count). The van der Waals surface area contributed by atoms with Crippen molar-refractivity contribution in [3.05, 3.63) is 38.3 Å². The van der Waals surface area contributed by atoms with Crippen molar-refractivity contribution in [2.24, 2.45) is 0 Å². The highest BCUT2D eigenvalue weighted by Crippen LogP contribution is 2.30. The van der Waals surface area contributed by atoms with Gasteiger partial charge in [-0.1, -0.05) is 46.4 Å². The summed E-state index contributed by atoms with van der Waals surface area (Å²) in [7, 11) is 0. The van der Waals surface area contributed by atoms with Gasteiger partial charge in [-0.3, -0.25) is 0 Å². The summed E-state index contributed by atoms with van der Waals surface area (Å²) in [6.07, 6.45) is 1.44. The second-order valence-electron chi connectivity index (χ2n) is 4.53. The molecule has 22 heavy (non-hydrogen) atoms. The highest BCUT2D eigenvalue weighted by molar-refractivity contribution is 6.42. The van der Waals surface area contributed by atoms with Gasteiger partial charge in [-0.15, -0.1) is 0 Å². The second kappa shape index (κ2) is 7.51. The van der Waals surface area contributed by atoms with Crippen LogP contribution in [0.15, 0.2) is 12.4 Å². The quantitative estimate of drug-likeness (QED) is 0.762. The molecule has 0 aliphatic heterocycles. The normalized spacial score (nSPS) is 12.1. The molecule has 0 aliphatic carbocycles. The number of nitrogens with zero attached hydrogens (tertiary/aromatic N) is 3. The Kier molecular flexibility index (Phi) is 5.92. The van der Waals surface area contributed by atoms with Crippen molar-refractivity contribution >= 4 is 52.2 Å². The van der Waals surface area contributed by atoms with E-state index in [0.29, 0.717) is 16.5 Å². The van der Waals surface area contributed by atoms with Gasteiger partial charge in [0.05, 0.1) is 16.8 Å². The van der Waals surface area contributed by atoms with Crippen LogP contribution in [0.3, 0.4) is 0 Å². The molecular weight excluding hydrogens is 370 g/mol. The van der Waals surface area contributed by atoms with E-state index >= 15 is 0 Å². The SMILES string of the molecule is Cc1ncnc(N[C@@H](C)COc2nc(Cl)c(Cl)cc2Cl)c1Cl. The molecule has 1 N–H and O–H groups in total. The summed E-state index contributed by atoms with van der Waals surface area (Å²) in [5.74, 6) is 0.758. The summed E-state index contributed by atoms with van der Waals surface area (Å²) in [4.78, 5) is 12.1. The minimum atomic E-state index is -0.0980. The fourth-order valence-corrected chi connectivity index (χ4v) is 2.26. The van der Waals surface area contributed by atoms with Crippen LogP contribution in [0.25, 0.3) is 0 Å². The average molecular weight is 382 g/mol. The molecule has 5 nitrogen and oxygen atoms in total. The van der Waals surface area contributed by atoms with Crippen LogP contribution in [0.2, 0.25) is 20.2 Å². The molecule has 0 spiro atoms. The van der Waals surface area contributed by atoms with Crippen LogP contribution in [0.5, 0.6) is 5.88 Å². The molecule has 0 radical (unpaired) electrons. The lowest BCUT2D eigenvalue weighted by molar-refractivity contribution is 0.292. The summed E-state index contributed by atoms with van der Waals surface area (Å²) >= 11 is 23.8. The van der Waals surface area contributed by atoms with Gasteiger partial charge in [-0.25, -0.2) is 9.97 Å². The van der Waals surface area contributed by atoms with Crippen LogP contribution in [-0.2, 0) is 0 Å². The van der Waals surface area contributed by atoms with E-state index in [4.69, 9.17) is 51.1 Å². The minimum Gasteiger partial charge on any atom is -0.474 e. The van der Waals surface area contributed by atoms with E-state index in [1.165, 1.54) is 12.4 Å². The Morgan fingerprint density at radius 2 is 1.91 bits per heavy atom. The lowest BCUT2D eigenvalue weighted by Gasteiger charge is -2.16. The number of hydrogen-bond acceptors (Lipinski definition) is 5. The van der Waals surface area contributed by atoms with E-state index < -0.39 is 0 Å². The van der Waals surface area contributed by atoms with Crippen molar-refractivity contribution < 1.29 is 4.74 Å². The number of aryl methyl sites for hydroxylation is 1. The van der Waals surface area contributed by atoms with Gasteiger partial charge in [0.15, 0.2) is 5.15 Å². The van der Waals surface area contributed by atoms with Crippen LogP contribution in [0.1, 0.15) is 12.6 Å². The molecule has 9 heteroatoms. The molecule has 0 saturated carbocycles. The number of halogens is 4. The van der Waals surface area contributed by atoms with E-state index in [-0.39, 0.29) is 33.7 Å². The maximum atomic E-state index is 6.12. The van der Waals surface area contributed by atoms with E-state index in [0.717, 1.165) is 0 Å². The van der Waals surface area contributed by atoms with Crippen molar-refractivity contribution in [1.29, 1.82) is 0 Å². The van der Waals surface area contributed by atoms with Gasteiger partial charge in [0, 0.05) is 0 Å². The summed E-state index contributed by atoms with van der Waals surface area (Å²) < 4.78 is 5.54. The first kappa shape index (κ1) is 17.3. The van der Waals surface area contributed by atoms with Crippen LogP contribution in [0, 0.1) is 6.92 Å². The van der Waals surface area contributed by atoms with Gasteiger partial charge >= 0.3 is 0 Å². The monoisotopic (exact) mass is 380 g/mol. The van der Waals surface area contributed by atoms with Crippen LogP contribution < -0.4 is 10.1 Å². The zero-order valence-electron chi connectivity index (χ0n) is 11.7. The molecule has 1 atom stereocenters. The van der Waals surface area contributed by atoms with Crippen molar-refractivity contribution in [2.75, 3.05) is 11.9 Å². The smallest absolute Gasteiger partial charge is 0.234 e. The summed E-state index contributed by atoms with van der Waals surface area (Å²) in [6, 6.07) is 1.38. The topological polar surface area (TPSA) is 59.9 Å². The predicted molar refractivity (Wildman–Crippen MR) is 89.6 cm³/mol. The second-order valence-corrected chi connectivity index (χ2v) is 6.08. The van der Waals surface area contributed by atoms with E-state index in [9.17, 15) is 0 Å². The Morgan fingerprint density at radius 3 is 2.64 bits per heavy atom. The van der Waals surface area contributed by atoms with Crippen molar-refractivity contribution in [2.45, 2.75) is 19.9 Å². The first-order chi connectivity index (χ1) is 10.4. The molecule has 0 saturated heterocycles. The standard InChI is InChI=1S/C13H12Cl4N4O/c1-6(20-12-10(16)7(2)18-5-19-12)4-22-13-9(15)3-8(14)11(17)21-13/h3,5-6H,4H2,1-2H3,(H,18,19,20)/t6-/m0/s1. The first-order valence-electron chi connectivity index (χ1n) is 6.26. The highest BCUT2D eigenvalue weighted by atomic mass is 35.5. The molecule has 2 aromatic heterocycles. The largest absolute Gasteiger partial charge is 0.474 e. The third-order valence-electron chi connectivity index (χ3n) is 2.67. The molecule has 0 amide bonds. The summed E-state index contributed by atoms with van der Waals surface area (Å²) in [6.45, 7) is 3.99. The predicted octanol–water partition coefficient (Wildman–Crippen LogP) is 4.67. The number of nitrogens with one attached hydrogen (secondary N) is 1. The zero-order valence-corrected chi connectivity index (χ0v) is 14.7. The molecule has 0 aliphatic rings. The lowest BCUT2D eigenvalue weighted by Crippen LogP contribution is -2.24. The molecule has 0 aromatic carbocycles. The molecule has 118 valence electrons. The lowest BCUT2D eigenvalue weighted by atomic mass is 10.3. The number of pyridine rings is 1. The van der Waals surface area contributed by atoms with Crippen LogP contribution >= 0.6 is 46.4 Å². The Labute approximate surface area is 147 Å². The molecular formula is C13H12Cl4N4O. The average Bonchev–Trinajstić information content (AvgIpc) is 2.46. The van der Waals surface area contributed by atoms with Gasteiger partial charge in [0.25, 0.3) is 0 Å². The third-order valence-corrected chi connectivity index (χ3v) is 4.07.